The van der Waals surface area contributed by atoms with Crippen LogP contribution >= 0.6 is 0 Å². The number of aliphatic hydroxyl groups excluding tert-OH is 2. The van der Waals surface area contributed by atoms with Crippen LogP contribution in [0, 0.1) is 52.3 Å². The van der Waals surface area contributed by atoms with E-state index in [1.165, 1.54) is 51.4 Å². The van der Waals surface area contributed by atoms with Crippen molar-refractivity contribution in [1.82, 2.24) is 0 Å². The van der Waals surface area contributed by atoms with Crippen LogP contribution in [-0.4, -0.2) is 28.5 Å². The lowest BCUT2D eigenvalue weighted by Gasteiger charge is -2.63. The topological polar surface area (TPSA) is 89.2 Å². The van der Waals surface area contributed by atoms with E-state index < -0.39 is 18.2 Å². The highest BCUT2D eigenvalue weighted by atomic mass is 16.3. The highest BCUT2D eigenvalue weighted by molar-refractivity contribution is 5.14. The summed E-state index contributed by atoms with van der Waals surface area (Å²) in [5.74, 6) is 4.69. The van der Waals surface area contributed by atoms with Crippen molar-refractivity contribution in [3.63, 3.8) is 0 Å². The molecule has 5 nitrogen and oxygen atoms in total. The highest BCUT2D eigenvalue weighted by Gasteiger charge is 2.64. The largest absolute Gasteiger partial charge is 0.390 e. The van der Waals surface area contributed by atoms with Gasteiger partial charge in [-0.15, -0.1) is 0 Å². The van der Waals surface area contributed by atoms with Crippen molar-refractivity contribution < 1.29 is 10.2 Å². The van der Waals surface area contributed by atoms with Gasteiger partial charge in [-0.2, -0.15) is 0 Å². The molecule has 0 amide bonds. The Morgan fingerprint density at radius 2 is 1.75 bits per heavy atom. The van der Waals surface area contributed by atoms with Gasteiger partial charge in [-0.1, -0.05) is 59.0 Å². The molecule has 0 spiro atoms. The van der Waals surface area contributed by atoms with Gasteiger partial charge in [0.25, 0.3) is 0 Å². The number of nitrogens with zero attached hydrogens (tertiary/aromatic N) is 3. The fraction of sp³-hybridized carbons (Fsp3) is 1.00. The van der Waals surface area contributed by atoms with Crippen LogP contribution in [0.25, 0.3) is 10.4 Å². The maximum atomic E-state index is 10.8. The molecule has 182 valence electrons. The minimum atomic E-state index is -0.934. The predicted octanol–water partition coefficient (Wildman–Crippen LogP) is 6.73. The van der Waals surface area contributed by atoms with E-state index in [-0.39, 0.29) is 5.41 Å². The Bertz CT molecular complexity index is 722. The maximum Gasteiger partial charge on any atom is 0.0889 e. The normalized spacial score (nSPS) is 49.0. The summed E-state index contributed by atoms with van der Waals surface area (Å²) in [6.07, 6.45) is 10.5. The molecule has 4 fully saturated rings. The fourth-order valence-electron chi connectivity index (χ4n) is 9.58. The third-order valence-electron chi connectivity index (χ3n) is 11.2. The summed E-state index contributed by atoms with van der Waals surface area (Å²) in [5, 5.41) is 25.4. The van der Waals surface area contributed by atoms with Gasteiger partial charge in [-0.05, 0) is 103 Å². The van der Waals surface area contributed by atoms with E-state index in [0.717, 1.165) is 30.1 Å². The first kappa shape index (κ1) is 24.4. The van der Waals surface area contributed by atoms with E-state index in [0.29, 0.717) is 29.6 Å². The molecule has 4 aliphatic rings. The minimum Gasteiger partial charge on any atom is -0.390 e. The first-order chi connectivity index (χ1) is 15.1. The molecule has 0 aliphatic heterocycles. The molecule has 0 radical (unpaired) electrons. The molecule has 0 saturated heterocycles. The second-order valence-corrected chi connectivity index (χ2v) is 13.0. The summed E-state index contributed by atoms with van der Waals surface area (Å²) in [6, 6.07) is -0.509. The third-order valence-corrected chi connectivity index (χ3v) is 11.2. The fourth-order valence-corrected chi connectivity index (χ4v) is 9.58. The molecule has 32 heavy (non-hydrogen) atoms. The summed E-state index contributed by atoms with van der Waals surface area (Å²) < 4.78 is 0. The average molecular weight is 446 g/mol. The van der Waals surface area contributed by atoms with Crippen molar-refractivity contribution in [2.75, 3.05) is 0 Å². The third kappa shape index (κ3) is 3.81. The van der Waals surface area contributed by atoms with Gasteiger partial charge >= 0.3 is 0 Å². The van der Waals surface area contributed by atoms with Crippen LogP contribution in [0.1, 0.15) is 98.8 Å². The molecule has 0 heterocycles. The summed E-state index contributed by atoms with van der Waals surface area (Å²) in [4.78, 5) is 3.13. The van der Waals surface area contributed by atoms with Crippen molar-refractivity contribution in [2.45, 2.75) is 117 Å². The van der Waals surface area contributed by atoms with Gasteiger partial charge in [0.1, 0.15) is 0 Å². The molecule has 0 aromatic heterocycles. The second-order valence-electron chi connectivity index (χ2n) is 13.0. The van der Waals surface area contributed by atoms with E-state index in [4.69, 9.17) is 0 Å². The Labute approximate surface area is 195 Å². The molecule has 2 N–H and O–H groups in total. The van der Waals surface area contributed by atoms with Gasteiger partial charge in [0.2, 0.25) is 0 Å². The van der Waals surface area contributed by atoms with E-state index in [1.807, 2.05) is 0 Å². The number of aliphatic hydroxyl groups is 2. The lowest BCUT2D eigenvalue weighted by Crippen LogP contribution is -2.63. The lowest BCUT2D eigenvalue weighted by molar-refractivity contribution is -0.171. The summed E-state index contributed by atoms with van der Waals surface area (Å²) in [6.45, 7) is 12.1. The smallest absolute Gasteiger partial charge is 0.0889 e. The standard InChI is InChI=1S/C27H47N3O2/c1-16(2)7-6-8-17(3)20-11-12-21-19-10-9-18-15-23(31)24(32)25(29-30-28)27(18,5)22(19)13-14-26(20,21)4/h16-25,31-32H,6-15H2,1-5H3/t17-,18?,19+,20-,21+,22+,23-,24-,25+,26-,27+/m1/s1. The lowest BCUT2D eigenvalue weighted by atomic mass is 9.43. The Balaban J connectivity index is 1.55. The number of rotatable bonds is 6. The van der Waals surface area contributed by atoms with Crippen molar-refractivity contribution in [3.8, 4) is 0 Å². The predicted molar refractivity (Wildman–Crippen MR) is 129 cm³/mol. The average Bonchev–Trinajstić information content (AvgIpc) is 3.09. The van der Waals surface area contributed by atoms with Crippen molar-refractivity contribution >= 4 is 0 Å². The Morgan fingerprint density at radius 3 is 2.44 bits per heavy atom. The molecule has 4 aliphatic carbocycles. The van der Waals surface area contributed by atoms with E-state index in [2.05, 4.69) is 44.6 Å². The Hall–Kier alpha value is -0.770. The first-order valence-electron chi connectivity index (χ1n) is 13.5. The maximum absolute atomic E-state index is 10.8. The summed E-state index contributed by atoms with van der Waals surface area (Å²) >= 11 is 0. The van der Waals surface area contributed by atoms with Crippen LogP contribution in [0.3, 0.4) is 0 Å². The van der Waals surface area contributed by atoms with Crippen molar-refractivity contribution in [1.29, 1.82) is 0 Å². The van der Waals surface area contributed by atoms with Crippen LogP contribution in [0.15, 0.2) is 5.11 Å². The summed E-state index contributed by atoms with van der Waals surface area (Å²) in [7, 11) is 0. The molecule has 4 saturated carbocycles. The molecule has 4 rings (SSSR count). The monoisotopic (exact) mass is 445 g/mol. The van der Waals surface area contributed by atoms with Crippen LogP contribution in [-0.2, 0) is 0 Å². The Kier molecular flexibility index (Phi) is 6.94. The van der Waals surface area contributed by atoms with Gasteiger partial charge in [0.15, 0.2) is 0 Å². The number of hydrogen-bond donors (Lipinski definition) is 2. The zero-order chi connectivity index (χ0) is 23.3. The molecule has 0 bridgehead atoms. The SMILES string of the molecule is CC(C)CCC[C@@H](C)[C@H]1CC[C@H]2[C@@H]3CCC4C[C@@H](O)[C@@H](O)[C@H](N=[N+]=[N-])[C@]4(C)[C@H]3CC[C@]12C. The second kappa shape index (κ2) is 9.12. The zero-order valence-corrected chi connectivity index (χ0v) is 21.1. The van der Waals surface area contributed by atoms with Crippen LogP contribution in [0.5, 0.6) is 0 Å². The number of hydrogen-bond acceptors (Lipinski definition) is 3. The van der Waals surface area contributed by atoms with E-state index in [9.17, 15) is 15.7 Å². The highest BCUT2D eigenvalue weighted by Crippen LogP contribution is 2.68. The molecular formula is C27H47N3O2. The van der Waals surface area contributed by atoms with Crippen molar-refractivity contribution in [3.05, 3.63) is 10.4 Å². The van der Waals surface area contributed by atoms with Crippen LogP contribution in [0.4, 0.5) is 0 Å². The first-order valence-corrected chi connectivity index (χ1v) is 13.5. The molecule has 11 atom stereocenters. The zero-order valence-electron chi connectivity index (χ0n) is 21.1. The Morgan fingerprint density at radius 1 is 1.00 bits per heavy atom. The van der Waals surface area contributed by atoms with Gasteiger partial charge in [0, 0.05) is 4.91 Å². The molecule has 0 aromatic rings. The quantitative estimate of drug-likeness (QED) is 0.270. The number of fused-ring (bicyclic) bond motifs is 5. The van der Waals surface area contributed by atoms with Gasteiger partial charge in [0.05, 0.1) is 18.2 Å². The van der Waals surface area contributed by atoms with Crippen LogP contribution in [0.2, 0.25) is 0 Å². The minimum absolute atomic E-state index is 0.198. The van der Waals surface area contributed by atoms with Crippen molar-refractivity contribution in [2.24, 2.45) is 57.4 Å². The van der Waals surface area contributed by atoms with E-state index in [1.54, 1.807) is 0 Å². The van der Waals surface area contributed by atoms with Gasteiger partial charge in [-0.25, -0.2) is 0 Å². The summed E-state index contributed by atoms with van der Waals surface area (Å²) in [5.41, 5.74) is 9.52. The van der Waals surface area contributed by atoms with Gasteiger partial charge in [-0.3, -0.25) is 0 Å². The molecule has 5 heteroatoms. The molecule has 0 aromatic carbocycles. The molecular weight excluding hydrogens is 398 g/mol. The number of azide groups is 1. The molecule has 1 unspecified atom stereocenters. The van der Waals surface area contributed by atoms with Crippen LogP contribution < -0.4 is 0 Å². The van der Waals surface area contributed by atoms with Gasteiger partial charge < -0.3 is 10.2 Å². The van der Waals surface area contributed by atoms with E-state index >= 15 is 0 Å².